The van der Waals surface area contributed by atoms with Gasteiger partial charge in [0.25, 0.3) is 6.01 Å². The molecule has 8 nitrogen and oxygen atoms in total. The van der Waals surface area contributed by atoms with E-state index < -0.39 is 5.97 Å². The Morgan fingerprint density at radius 1 is 0.943 bits per heavy atom. The number of hydrogen-bond acceptors (Lipinski definition) is 8. The van der Waals surface area contributed by atoms with Crippen molar-refractivity contribution in [1.29, 1.82) is 0 Å². The second-order valence-electron chi connectivity index (χ2n) is 7.54. The van der Waals surface area contributed by atoms with Crippen molar-refractivity contribution in [2.24, 2.45) is 0 Å². The van der Waals surface area contributed by atoms with E-state index in [0.717, 1.165) is 11.1 Å². The number of methoxy groups -OCH3 is 1. The number of nitrogens with zero attached hydrogens (tertiary/aromatic N) is 2. The van der Waals surface area contributed by atoms with Crippen molar-refractivity contribution in [2.45, 2.75) is 6.61 Å². The number of rotatable bonds is 8. The first-order valence-corrected chi connectivity index (χ1v) is 10.8. The van der Waals surface area contributed by atoms with Gasteiger partial charge in [0.05, 0.1) is 30.6 Å². The molecule has 0 aliphatic rings. The van der Waals surface area contributed by atoms with Crippen molar-refractivity contribution in [3.63, 3.8) is 0 Å². The molecule has 0 radical (unpaired) electrons. The average molecular weight is 467 g/mol. The first-order valence-electron chi connectivity index (χ1n) is 10.8. The van der Waals surface area contributed by atoms with Crippen molar-refractivity contribution < 1.29 is 23.1 Å². The van der Waals surface area contributed by atoms with E-state index in [0.29, 0.717) is 34.1 Å². The zero-order valence-corrected chi connectivity index (χ0v) is 18.8. The highest BCUT2D eigenvalue weighted by atomic mass is 16.5. The summed E-state index contributed by atoms with van der Waals surface area (Å²) in [5.41, 5.74) is 3.36. The van der Waals surface area contributed by atoms with Crippen molar-refractivity contribution >= 4 is 17.7 Å². The van der Waals surface area contributed by atoms with Gasteiger partial charge in [0, 0.05) is 17.3 Å². The van der Waals surface area contributed by atoms with Crippen LogP contribution in [0.25, 0.3) is 22.6 Å². The van der Waals surface area contributed by atoms with E-state index >= 15 is 0 Å². The van der Waals surface area contributed by atoms with Crippen LogP contribution in [0.4, 0.5) is 11.7 Å². The Morgan fingerprint density at radius 3 is 2.57 bits per heavy atom. The van der Waals surface area contributed by atoms with Gasteiger partial charge in [0.2, 0.25) is 0 Å². The SMILES string of the molecule is COc1cc(Nc2ncc(-c3ccccc3C(=O)OCc3ccccc3)o2)ccc1-c1cnco1. The maximum Gasteiger partial charge on any atom is 0.339 e. The first-order chi connectivity index (χ1) is 17.2. The molecule has 0 fully saturated rings. The van der Waals surface area contributed by atoms with Gasteiger partial charge in [0.1, 0.15) is 12.4 Å². The summed E-state index contributed by atoms with van der Waals surface area (Å²) in [6.45, 7) is 0.184. The van der Waals surface area contributed by atoms with Gasteiger partial charge >= 0.3 is 5.97 Å². The standard InChI is InChI=1S/C27H21N3O5/c1-32-23-13-19(11-12-22(23)24-14-28-17-34-24)30-27-29-15-25(35-27)20-9-5-6-10-21(20)26(31)33-16-18-7-3-2-4-8-18/h2-15,17H,16H2,1H3,(H,29,30). The number of carbonyl (C=O) groups is 1. The average Bonchev–Trinajstić information content (AvgIpc) is 3.61. The van der Waals surface area contributed by atoms with E-state index in [9.17, 15) is 4.79 Å². The Bertz CT molecular complexity index is 1430. The molecule has 8 heteroatoms. The quantitative estimate of drug-likeness (QED) is 0.273. The molecular formula is C27H21N3O5. The highest BCUT2D eigenvalue weighted by molar-refractivity contribution is 5.96. The summed E-state index contributed by atoms with van der Waals surface area (Å²) < 4.78 is 22.3. The zero-order valence-electron chi connectivity index (χ0n) is 18.8. The molecule has 0 spiro atoms. The molecule has 0 aliphatic heterocycles. The maximum atomic E-state index is 12.8. The van der Waals surface area contributed by atoms with Gasteiger partial charge in [-0.2, -0.15) is 0 Å². The van der Waals surface area contributed by atoms with Crippen LogP contribution in [0.3, 0.4) is 0 Å². The second kappa shape index (κ2) is 9.96. The van der Waals surface area contributed by atoms with Crippen molar-refractivity contribution in [3.8, 4) is 28.4 Å². The number of hydrogen-bond donors (Lipinski definition) is 1. The van der Waals surface area contributed by atoms with Gasteiger partial charge in [0.15, 0.2) is 17.9 Å². The van der Waals surface area contributed by atoms with Gasteiger partial charge in [-0.3, -0.25) is 0 Å². The van der Waals surface area contributed by atoms with Gasteiger partial charge in [-0.15, -0.1) is 0 Å². The highest BCUT2D eigenvalue weighted by Gasteiger charge is 2.18. The summed E-state index contributed by atoms with van der Waals surface area (Å²) in [5.74, 6) is 1.20. The van der Waals surface area contributed by atoms with Crippen LogP contribution in [0.2, 0.25) is 0 Å². The number of carbonyl (C=O) groups excluding carboxylic acids is 1. The summed E-state index contributed by atoms with van der Waals surface area (Å²) >= 11 is 0. The maximum absolute atomic E-state index is 12.8. The van der Waals surface area contributed by atoms with Crippen LogP contribution >= 0.6 is 0 Å². The van der Waals surface area contributed by atoms with Crippen LogP contribution in [-0.4, -0.2) is 23.0 Å². The van der Waals surface area contributed by atoms with E-state index in [1.807, 2.05) is 48.5 Å². The summed E-state index contributed by atoms with van der Waals surface area (Å²) in [5, 5.41) is 3.12. The lowest BCUT2D eigenvalue weighted by atomic mass is 10.1. The number of ether oxygens (including phenoxy) is 2. The number of anilines is 2. The lowest BCUT2D eigenvalue weighted by molar-refractivity contribution is 0.0473. The van der Waals surface area contributed by atoms with Gasteiger partial charge < -0.3 is 23.6 Å². The third-order valence-electron chi connectivity index (χ3n) is 5.28. The minimum absolute atomic E-state index is 0.184. The van der Waals surface area contributed by atoms with Crippen molar-refractivity contribution in [1.82, 2.24) is 9.97 Å². The Morgan fingerprint density at radius 2 is 1.77 bits per heavy atom. The molecule has 0 atom stereocenters. The number of esters is 1. The molecule has 0 unspecified atom stereocenters. The third kappa shape index (κ3) is 4.91. The van der Waals surface area contributed by atoms with E-state index in [2.05, 4.69) is 15.3 Å². The van der Waals surface area contributed by atoms with Crippen LogP contribution in [0.5, 0.6) is 5.75 Å². The van der Waals surface area contributed by atoms with Gasteiger partial charge in [-0.05, 0) is 23.8 Å². The number of aromatic nitrogens is 2. The minimum Gasteiger partial charge on any atom is -0.496 e. The topological polar surface area (TPSA) is 99.6 Å². The smallest absolute Gasteiger partial charge is 0.339 e. The zero-order chi connectivity index (χ0) is 24.0. The summed E-state index contributed by atoms with van der Waals surface area (Å²) in [6, 6.07) is 22.4. The van der Waals surface area contributed by atoms with Crippen LogP contribution in [0.15, 0.2) is 100 Å². The van der Waals surface area contributed by atoms with Gasteiger partial charge in [-0.1, -0.05) is 48.5 Å². The minimum atomic E-state index is -0.442. The molecule has 2 aromatic heterocycles. The fourth-order valence-electron chi connectivity index (χ4n) is 3.58. The van der Waals surface area contributed by atoms with E-state index in [1.54, 1.807) is 43.8 Å². The fraction of sp³-hybridized carbons (Fsp3) is 0.0741. The lowest BCUT2D eigenvalue weighted by Gasteiger charge is -2.09. The predicted molar refractivity (Wildman–Crippen MR) is 129 cm³/mol. The van der Waals surface area contributed by atoms with E-state index in [4.69, 9.17) is 18.3 Å². The Labute approximate surface area is 201 Å². The Hall–Kier alpha value is -4.85. The summed E-state index contributed by atoms with van der Waals surface area (Å²) in [6.07, 6.45) is 4.55. The first kappa shape index (κ1) is 22.0. The van der Waals surface area contributed by atoms with Crippen LogP contribution in [-0.2, 0) is 11.3 Å². The molecular weight excluding hydrogens is 446 g/mol. The third-order valence-corrected chi connectivity index (χ3v) is 5.28. The van der Waals surface area contributed by atoms with Crippen LogP contribution < -0.4 is 10.1 Å². The number of oxazole rings is 2. The number of benzene rings is 3. The fourth-order valence-corrected chi connectivity index (χ4v) is 3.58. The largest absolute Gasteiger partial charge is 0.496 e. The number of nitrogens with one attached hydrogen (secondary N) is 1. The second-order valence-corrected chi connectivity index (χ2v) is 7.54. The van der Waals surface area contributed by atoms with Crippen LogP contribution in [0, 0.1) is 0 Å². The molecule has 0 saturated heterocycles. The van der Waals surface area contributed by atoms with E-state index in [-0.39, 0.29) is 12.6 Å². The molecule has 5 rings (SSSR count). The van der Waals surface area contributed by atoms with Crippen LogP contribution in [0.1, 0.15) is 15.9 Å². The van der Waals surface area contributed by atoms with Crippen molar-refractivity contribution in [3.05, 3.63) is 103 Å². The highest BCUT2D eigenvalue weighted by Crippen LogP contribution is 2.34. The Kier molecular flexibility index (Phi) is 6.25. The van der Waals surface area contributed by atoms with Crippen molar-refractivity contribution in [2.75, 3.05) is 12.4 Å². The lowest BCUT2D eigenvalue weighted by Crippen LogP contribution is -2.06. The normalized spacial score (nSPS) is 10.7. The molecule has 0 aliphatic carbocycles. The molecule has 5 aromatic rings. The molecule has 0 amide bonds. The van der Waals surface area contributed by atoms with E-state index in [1.165, 1.54) is 6.39 Å². The summed E-state index contributed by atoms with van der Waals surface area (Å²) in [4.78, 5) is 21.0. The van der Waals surface area contributed by atoms with Gasteiger partial charge in [-0.25, -0.2) is 14.8 Å². The Balaban J connectivity index is 1.33. The molecule has 35 heavy (non-hydrogen) atoms. The monoisotopic (exact) mass is 467 g/mol. The molecule has 0 saturated carbocycles. The predicted octanol–water partition coefficient (Wildman–Crippen LogP) is 6.11. The molecule has 0 bridgehead atoms. The summed E-state index contributed by atoms with van der Waals surface area (Å²) in [7, 11) is 1.58. The molecule has 2 heterocycles. The molecule has 174 valence electrons. The molecule has 3 aromatic carbocycles. The molecule has 1 N–H and O–H groups in total.